The van der Waals surface area contributed by atoms with Crippen molar-refractivity contribution in [2.24, 2.45) is 0 Å². The highest BCUT2D eigenvalue weighted by Gasteiger charge is 2.09. The molecule has 39 heavy (non-hydrogen) atoms. The zero-order chi connectivity index (χ0) is 28.0. The predicted octanol–water partition coefficient (Wildman–Crippen LogP) is 9.41. The number of rotatable bonds is 22. The van der Waals surface area contributed by atoms with Crippen LogP contribution in [0.2, 0.25) is 0 Å². The minimum Gasteiger partial charge on any atom is -0.427 e. The number of hydrogen-bond donors (Lipinski definition) is 0. The number of hydrogen-bond acceptors (Lipinski definition) is 6. The number of aromatic nitrogens is 2. The first kappa shape index (κ1) is 32.5. The van der Waals surface area contributed by atoms with E-state index < -0.39 is 0 Å². The molecule has 2 rings (SSSR count). The maximum Gasteiger partial charge on any atom is 0.311 e. The summed E-state index contributed by atoms with van der Waals surface area (Å²) in [5.41, 5.74) is 0.797. The monoisotopic (exact) mass is 538 g/mol. The molecule has 0 bridgehead atoms. The van der Waals surface area contributed by atoms with Crippen LogP contribution in [0.1, 0.15) is 136 Å². The smallest absolute Gasteiger partial charge is 0.311 e. The topological polar surface area (TPSA) is 78.4 Å². The molecule has 0 fully saturated rings. The van der Waals surface area contributed by atoms with Crippen molar-refractivity contribution in [3.05, 3.63) is 36.7 Å². The first-order chi connectivity index (χ1) is 19.1. The van der Waals surface area contributed by atoms with Crippen LogP contribution in [-0.4, -0.2) is 21.9 Å². The number of carbonyl (C=O) groups is 2. The van der Waals surface area contributed by atoms with Crippen LogP contribution >= 0.6 is 0 Å². The maximum absolute atomic E-state index is 12.2. The molecule has 0 N–H and O–H groups in total. The molecule has 0 aliphatic heterocycles. The summed E-state index contributed by atoms with van der Waals surface area (Å²) in [6, 6.07) is 7.16. The molecule has 0 saturated heterocycles. The van der Waals surface area contributed by atoms with Crippen LogP contribution in [0.15, 0.2) is 36.7 Å². The zero-order valence-electron chi connectivity index (χ0n) is 24.4. The Bertz CT molecular complexity index is 912. The third kappa shape index (κ3) is 15.4. The van der Waals surface area contributed by atoms with E-state index >= 15 is 0 Å². The van der Waals surface area contributed by atoms with Gasteiger partial charge in [-0.1, -0.05) is 110 Å². The van der Waals surface area contributed by atoms with E-state index in [9.17, 15) is 9.59 Å². The summed E-state index contributed by atoms with van der Waals surface area (Å²) in [5.74, 6) is 0.952. The fourth-order valence-corrected chi connectivity index (χ4v) is 4.54. The number of carbonyl (C=O) groups excluding carboxylic acids is 2. The van der Waals surface area contributed by atoms with Gasteiger partial charge in [-0.25, -0.2) is 9.97 Å². The quantitative estimate of drug-likeness (QED) is 0.0844. The molecule has 0 radical (unpaired) electrons. The molecule has 0 spiro atoms. The second kappa shape index (κ2) is 21.1. The van der Waals surface area contributed by atoms with Gasteiger partial charge < -0.3 is 9.47 Å². The molecule has 0 aliphatic carbocycles. The molecule has 0 amide bonds. The predicted molar refractivity (Wildman–Crippen MR) is 158 cm³/mol. The lowest BCUT2D eigenvalue weighted by Gasteiger charge is -2.07. The first-order valence-corrected chi connectivity index (χ1v) is 15.5. The highest BCUT2D eigenvalue weighted by atomic mass is 16.5. The van der Waals surface area contributed by atoms with Gasteiger partial charge in [-0.2, -0.15) is 0 Å². The van der Waals surface area contributed by atoms with Gasteiger partial charge in [0.25, 0.3) is 0 Å². The Morgan fingerprint density at radius 2 is 0.923 bits per heavy atom. The van der Waals surface area contributed by atoms with Crippen molar-refractivity contribution in [3.8, 4) is 22.9 Å². The normalized spacial score (nSPS) is 10.9. The summed E-state index contributed by atoms with van der Waals surface area (Å²) in [7, 11) is 0. The number of esters is 2. The van der Waals surface area contributed by atoms with E-state index in [1.165, 1.54) is 95.9 Å². The minimum absolute atomic E-state index is 0.194. The van der Waals surface area contributed by atoms with Crippen LogP contribution < -0.4 is 9.47 Å². The lowest BCUT2D eigenvalue weighted by Crippen LogP contribution is -2.08. The molecule has 1 heterocycles. The lowest BCUT2D eigenvalue weighted by atomic mass is 10.1. The fourth-order valence-electron chi connectivity index (χ4n) is 4.54. The number of unbranched alkanes of at least 4 members (excludes halogenated alkanes) is 15. The standard InChI is InChI=1S/C33H50N2O4/c1-3-5-7-9-11-13-15-17-18-20-31(36)38-29-24-22-28(23-25-29)33-34-26-30(27-35-33)39-32(37)21-19-16-14-12-10-8-6-4-2/h22-27H,3-21H2,1-2H3. The molecular formula is C33H50N2O4. The van der Waals surface area contributed by atoms with Gasteiger partial charge in [-0.15, -0.1) is 0 Å². The third-order valence-electron chi connectivity index (χ3n) is 6.92. The summed E-state index contributed by atoms with van der Waals surface area (Å²) < 4.78 is 10.9. The van der Waals surface area contributed by atoms with E-state index in [1.54, 1.807) is 12.1 Å². The van der Waals surface area contributed by atoms with E-state index in [0.717, 1.165) is 31.2 Å². The van der Waals surface area contributed by atoms with Crippen LogP contribution in [0.4, 0.5) is 0 Å². The molecule has 0 saturated carbocycles. The average molecular weight is 539 g/mol. The molecule has 1 aromatic carbocycles. The highest BCUT2D eigenvalue weighted by Crippen LogP contribution is 2.21. The van der Waals surface area contributed by atoms with E-state index in [1.807, 2.05) is 12.1 Å². The summed E-state index contributed by atoms with van der Waals surface area (Å²) in [6.07, 6.45) is 24.4. The van der Waals surface area contributed by atoms with Gasteiger partial charge >= 0.3 is 11.9 Å². The van der Waals surface area contributed by atoms with Gasteiger partial charge in [0.1, 0.15) is 5.75 Å². The van der Waals surface area contributed by atoms with Crippen LogP contribution in [0.3, 0.4) is 0 Å². The Morgan fingerprint density at radius 1 is 0.538 bits per heavy atom. The minimum atomic E-state index is -0.245. The molecular weight excluding hydrogens is 488 g/mol. The molecule has 0 atom stereocenters. The van der Waals surface area contributed by atoms with Gasteiger partial charge in [0.05, 0.1) is 12.4 Å². The Kier molecular flexibility index (Phi) is 17.6. The Hall–Kier alpha value is -2.76. The van der Waals surface area contributed by atoms with Crippen molar-refractivity contribution in [2.45, 2.75) is 136 Å². The SMILES string of the molecule is CCCCCCCCCCCC(=O)Oc1ccc(-c2ncc(OC(=O)CCCCCCCCCC)cn2)cc1. The molecule has 6 heteroatoms. The van der Waals surface area contributed by atoms with Crippen LogP contribution in [0, 0.1) is 0 Å². The highest BCUT2D eigenvalue weighted by molar-refractivity contribution is 5.73. The Morgan fingerprint density at radius 3 is 1.36 bits per heavy atom. The zero-order valence-corrected chi connectivity index (χ0v) is 24.4. The van der Waals surface area contributed by atoms with Gasteiger partial charge in [0.15, 0.2) is 11.6 Å². The van der Waals surface area contributed by atoms with E-state index in [2.05, 4.69) is 23.8 Å². The number of benzene rings is 1. The molecule has 2 aromatic rings. The van der Waals surface area contributed by atoms with Gasteiger partial charge in [-0.3, -0.25) is 9.59 Å². The Balaban J connectivity index is 1.62. The van der Waals surface area contributed by atoms with Crippen molar-refractivity contribution in [1.82, 2.24) is 9.97 Å². The van der Waals surface area contributed by atoms with Crippen molar-refractivity contribution < 1.29 is 19.1 Å². The van der Waals surface area contributed by atoms with Gasteiger partial charge in [0, 0.05) is 18.4 Å². The van der Waals surface area contributed by atoms with Gasteiger partial charge in [-0.05, 0) is 37.1 Å². The Labute approximate surface area is 236 Å². The molecule has 216 valence electrons. The van der Waals surface area contributed by atoms with E-state index in [0.29, 0.717) is 30.2 Å². The van der Waals surface area contributed by atoms with Gasteiger partial charge in [0.2, 0.25) is 0 Å². The van der Waals surface area contributed by atoms with E-state index in [-0.39, 0.29) is 11.9 Å². The second-order valence-electron chi connectivity index (χ2n) is 10.5. The number of ether oxygens (including phenoxy) is 2. The van der Waals surface area contributed by atoms with Crippen LogP contribution in [0.25, 0.3) is 11.4 Å². The van der Waals surface area contributed by atoms with Crippen LogP contribution in [-0.2, 0) is 9.59 Å². The van der Waals surface area contributed by atoms with Crippen molar-refractivity contribution in [3.63, 3.8) is 0 Å². The molecule has 0 aliphatic rings. The third-order valence-corrected chi connectivity index (χ3v) is 6.92. The van der Waals surface area contributed by atoms with Crippen LogP contribution in [0.5, 0.6) is 11.5 Å². The first-order valence-electron chi connectivity index (χ1n) is 15.5. The van der Waals surface area contributed by atoms with Crippen molar-refractivity contribution in [1.29, 1.82) is 0 Å². The summed E-state index contributed by atoms with van der Waals surface area (Å²) >= 11 is 0. The lowest BCUT2D eigenvalue weighted by molar-refractivity contribution is -0.135. The van der Waals surface area contributed by atoms with Crippen molar-refractivity contribution >= 4 is 11.9 Å². The molecule has 6 nitrogen and oxygen atoms in total. The largest absolute Gasteiger partial charge is 0.427 e. The summed E-state index contributed by atoms with van der Waals surface area (Å²) in [6.45, 7) is 4.46. The van der Waals surface area contributed by atoms with Crippen molar-refractivity contribution in [2.75, 3.05) is 0 Å². The molecule has 0 unspecified atom stereocenters. The summed E-state index contributed by atoms with van der Waals surface area (Å²) in [4.78, 5) is 32.9. The second-order valence-corrected chi connectivity index (χ2v) is 10.5. The number of nitrogens with zero attached hydrogens (tertiary/aromatic N) is 2. The maximum atomic E-state index is 12.2. The molecule has 1 aromatic heterocycles. The average Bonchev–Trinajstić information content (AvgIpc) is 2.94. The summed E-state index contributed by atoms with van der Waals surface area (Å²) in [5, 5.41) is 0. The fraction of sp³-hybridized carbons (Fsp3) is 0.636. The van der Waals surface area contributed by atoms with E-state index in [4.69, 9.17) is 9.47 Å².